The Labute approximate surface area is 208 Å². The summed E-state index contributed by atoms with van der Waals surface area (Å²) < 4.78 is 48.8. The molecule has 2 aliphatic carbocycles. The second-order valence-electron chi connectivity index (χ2n) is 9.33. The fraction of sp³-hybridized carbons (Fsp3) is 0.565. The Morgan fingerprint density at radius 2 is 1.97 bits per heavy atom. The van der Waals surface area contributed by atoms with E-state index in [-0.39, 0.29) is 29.7 Å². The van der Waals surface area contributed by atoms with E-state index in [9.17, 15) is 13.2 Å². The van der Waals surface area contributed by atoms with Gasteiger partial charge in [-0.05, 0) is 56.7 Å². The number of nitrogens with one attached hydrogen (secondary N) is 1. The second kappa shape index (κ2) is 10.00. The van der Waals surface area contributed by atoms with Crippen molar-refractivity contribution < 1.29 is 27.2 Å². The van der Waals surface area contributed by atoms with Gasteiger partial charge in [0, 0.05) is 42.8 Å². The average Bonchev–Trinajstić information content (AvgIpc) is 3.50. The van der Waals surface area contributed by atoms with Gasteiger partial charge in [0.2, 0.25) is 5.13 Å². The molecule has 190 valence electrons. The first kappa shape index (κ1) is 24.4. The van der Waals surface area contributed by atoms with Crippen LogP contribution in [0.4, 0.5) is 9.52 Å². The summed E-state index contributed by atoms with van der Waals surface area (Å²) in [6.45, 7) is 1.88. The molecule has 1 aromatic heterocycles. The van der Waals surface area contributed by atoms with Gasteiger partial charge in [0.15, 0.2) is 0 Å². The van der Waals surface area contributed by atoms with Crippen LogP contribution in [0.25, 0.3) is 0 Å². The molecule has 1 aromatic carbocycles. The van der Waals surface area contributed by atoms with Crippen LogP contribution in [-0.4, -0.2) is 63.1 Å². The van der Waals surface area contributed by atoms with Crippen molar-refractivity contribution in [2.24, 2.45) is 0 Å². The quantitative estimate of drug-likeness (QED) is 0.374. The summed E-state index contributed by atoms with van der Waals surface area (Å²) in [6.07, 6.45) is 7.07. The number of likely N-dealkylation sites (N-methyl/N-ethyl adjacent to an activating group) is 1. The molecule has 3 aliphatic rings. The number of aromatic nitrogens is 1. The Balaban J connectivity index is 1.46. The summed E-state index contributed by atoms with van der Waals surface area (Å²) in [4.78, 5) is 21.4. The lowest BCUT2D eigenvalue weighted by molar-refractivity contribution is -0.128. The van der Waals surface area contributed by atoms with Crippen LogP contribution in [0.15, 0.2) is 28.6 Å². The number of carbonyl (C=O) groups is 1. The summed E-state index contributed by atoms with van der Waals surface area (Å²) in [6, 6.07) is 3.20. The molecule has 3 fully saturated rings. The van der Waals surface area contributed by atoms with Crippen molar-refractivity contribution in [3.63, 3.8) is 0 Å². The van der Waals surface area contributed by atoms with Crippen LogP contribution in [0.3, 0.4) is 0 Å². The van der Waals surface area contributed by atoms with Crippen LogP contribution in [-0.2, 0) is 19.7 Å². The van der Waals surface area contributed by atoms with Gasteiger partial charge in [-0.3, -0.25) is 9.69 Å². The molecule has 1 aliphatic heterocycles. The van der Waals surface area contributed by atoms with Crippen LogP contribution < -0.4 is 14.5 Å². The molecule has 5 rings (SSSR count). The predicted octanol–water partition coefficient (Wildman–Crippen LogP) is 3.04. The molecule has 2 heterocycles. The van der Waals surface area contributed by atoms with Crippen molar-refractivity contribution >= 4 is 33.0 Å². The maximum Gasteiger partial charge on any atom is 0.322 e. The summed E-state index contributed by atoms with van der Waals surface area (Å²) in [5.74, 6) is -0.446. The average molecular weight is 525 g/mol. The topological polar surface area (TPSA) is 101 Å². The zero-order valence-electron chi connectivity index (χ0n) is 19.4. The molecule has 35 heavy (non-hydrogen) atoms. The molecule has 0 amide bonds. The van der Waals surface area contributed by atoms with Crippen LogP contribution in [0, 0.1) is 5.82 Å². The highest BCUT2D eigenvalue weighted by molar-refractivity contribution is 7.92. The van der Waals surface area contributed by atoms with Gasteiger partial charge in [0.05, 0.1) is 0 Å². The molecule has 0 spiro atoms. The SMILES string of the molecule is CN(C1CNC1)[C@H]1CCCC[C@@H]1Oc1cc(F)c(S(=O)(=O)N(OC=O)c2nccs2)cc1C1CC1. The number of hydrogen-bond donors (Lipinski definition) is 1. The van der Waals surface area contributed by atoms with E-state index >= 15 is 4.39 Å². The molecule has 2 atom stereocenters. The predicted molar refractivity (Wildman–Crippen MR) is 128 cm³/mol. The number of halogens is 1. The van der Waals surface area contributed by atoms with Crippen molar-refractivity contribution in [3.8, 4) is 5.75 Å². The van der Waals surface area contributed by atoms with Gasteiger partial charge in [0.1, 0.15) is 22.6 Å². The van der Waals surface area contributed by atoms with E-state index in [1.165, 1.54) is 23.7 Å². The van der Waals surface area contributed by atoms with Gasteiger partial charge in [-0.25, -0.2) is 9.37 Å². The summed E-state index contributed by atoms with van der Waals surface area (Å²) >= 11 is 0.955. The molecular weight excluding hydrogens is 495 g/mol. The van der Waals surface area contributed by atoms with Gasteiger partial charge in [-0.1, -0.05) is 10.9 Å². The van der Waals surface area contributed by atoms with Crippen LogP contribution in [0.5, 0.6) is 5.75 Å². The van der Waals surface area contributed by atoms with Crippen LogP contribution >= 0.6 is 11.3 Å². The number of anilines is 1. The summed E-state index contributed by atoms with van der Waals surface area (Å²) in [5, 5.41) is 4.75. The van der Waals surface area contributed by atoms with E-state index in [0.717, 1.165) is 63.0 Å². The smallest absolute Gasteiger partial charge is 0.322 e. The van der Waals surface area contributed by atoms with Crippen molar-refractivity contribution in [3.05, 3.63) is 35.1 Å². The normalized spacial score (nSPS) is 23.1. The van der Waals surface area contributed by atoms with Gasteiger partial charge in [-0.2, -0.15) is 8.42 Å². The Hall–Kier alpha value is -2.28. The van der Waals surface area contributed by atoms with E-state index in [4.69, 9.17) is 9.57 Å². The van der Waals surface area contributed by atoms with Crippen LogP contribution in [0.1, 0.15) is 50.0 Å². The lowest BCUT2D eigenvalue weighted by Crippen LogP contribution is -2.61. The molecular formula is C23H29FN4O5S2. The molecule has 1 saturated heterocycles. The molecule has 0 unspecified atom stereocenters. The third-order valence-corrected chi connectivity index (χ3v) is 9.52. The zero-order valence-corrected chi connectivity index (χ0v) is 21.1. The Morgan fingerprint density at radius 1 is 1.20 bits per heavy atom. The van der Waals surface area contributed by atoms with Crippen molar-refractivity contribution in [1.82, 2.24) is 15.2 Å². The molecule has 0 radical (unpaired) electrons. The zero-order chi connectivity index (χ0) is 24.6. The summed E-state index contributed by atoms with van der Waals surface area (Å²) in [5.41, 5.74) is 0.674. The Kier molecular flexibility index (Phi) is 6.97. The number of thiazole rings is 1. The first-order chi connectivity index (χ1) is 16.9. The molecule has 2 aromatic rings. The lowest BCUT2D eigenvalue weighted by atomic mass is 9.89. The highest BCUT2D eigenvalue weighted by Gasteiger charge is 2.39. The lowest BCUT2D eigenvalue weighted by Gasteiger charge is -2.45. The third kappa shape index (κ3) is 4.89. The molecule has 9 nitrogen and oxygen atoms in total. The summed E-state index contributed by atoms with van der Waals surface area (Å²) in [7, 11) is -2.42. The van der Waals surface area contributed by atoms with Gasteiger partial charge in [0.25, 0.3) is 0 Å². The minimum Gasteiger partial charge on any atom is -0.488 e. The molecule has 12 heteroatoms. The first-order valence-corrected chi connectivity index (χ1v) is 14.2. The van der Waals surface area contributed by atoms with E-state index in [1.54, 1.807) is 0 Å². The second-order valence-corrected chi connectivity index (χ2v) is 11.9. The number of rotatable bonds is 10. The number of benzene rings is 1. The molecule has 2 saturated carbocycles. The van der Waals surface area contributed by atoms with E-state index < -0.39 is 20.7 Å². The molecule has 0 bridgehead atoms. The number of ether oxygens (including phenoxy) is 1. The van der Waals surface area contributed by atoms with E-state index in [0.29, 0.717) is 21.8 Å². The molecule has 1 N–H and O–H groups in total. The van der Waals surface area contributed by atoms with Gasteiger partial charge >= 0.3 is 16.5 Å². The minimum absolute atomic E-state index is 0.0204. The van der Waals surface area contributed by atoms with Gasteiger partial charge < -0.3 is 14.9 Å². The van der Waals surface area contributed by atoms with Gasteiger partial charge in [-0.15, -0.1) is 11.3 Å². The number of carbonyl (C=O) groups excluding carboxylic acids is 1. The third-order valence-electron chi connectivity index (χ3n) is 7.10. The fourth-order valence-electron chi connectivity index (χ4n) is 4.88. The standard InChI is InChI=1S/C23H29FN4O5S2/c1-27(16-12-25-13-16)19-4-2-3-5-20(19)33-21-11-18(24)22(10-17(21)15-6-7-15)35(30,31)28(32-14-29)23-26-8-9-34-23/h8-11,14-16,19-20,25H,2-7,12-13H2,1H3/t19-,20-/m0/s1. The van der Waals surface area contributed by atoms with Crippen molar-refractivity contribution in [2.45, 2.75) is 67.5 Å². The number of nitrogens with zero attached hydrogens (tertiary/aromatic N) is 3. The van der Waals surface area contributed by atoms with Crippen molar-refractivity contribution in [2.75, 3.05) is 24.6 Å². The van der Waals surface area contributed by atoms with E-state index in [1.807, 2.05) is 0 Å². The maximum absolute atomic E-state index is 15.4. The van der Waals surface area contributed by atoms with E-state index in [2.05, 4.69) is 22.2 Å². The number of hydrogen-bond acceptors (Lipinski definition) is 9. The maximum atomic E-state index is 15.4. The monoisotopic (exact) mass is 524 g/mol. The Bertz CT molecular complexity index is 1150. The highest BCUT2D eigenvalue weighted by atomic mass is 32.2. The minimum atomic E-state index is -4.54. The van der Waals surface area contributed by atoms with Crippen LogP contribution in [0.2, 0.25) is 0 Å². The fourth-order valence-corrected chi connectivity index (χ4v) is 6.96. The largest absolute Gasteiger partial charge is 0.488 e. The Morgan fingerprint density at radius 3 is 2.60 bits per heavy atom. The highest BCUT2D eigenvalue weighted by Crippen LogP contribution is 2.47. The first-order valence-electron chi connectivity index (χ1n) is 11.9. The number of sulfonamides is 1. The van der Waals surface area contributed by atoms with Crippen molar-refractivity contribution in [1.29, 1.82) is 0 Å².